The Morgan fingerprint density at radius 2 is 1.79 bits per heavy atom. The molecule has 4 rings (SSSR count). The molecule has 29 heavy (non-hydrogen) atoms. The summed E-state index contributed by atoms with van der Waals surface area (Å²) in [5, 5.41) is 10.2. The topological polar surface area (TPSA) is 92.3 Å². The number of hydrogen-bond donors (Lipinski definition) is 2. The van der Waals surface area contributed by atoms with Crippen LogP contribution < -0.4 is 5.32 Å². The summed E-state index contributed by atoms with van der Waals surface area (Å²) in [6.45, 7) is 1.73. The van der Waals surface area contributed by atoms with Crippen LogP contribution in [0.4, 0.5) is 24.9 Å². The third-order valence-corrected chi connectivity index (χ3v) is 3.80. The predicted molar refractivity (Wildman–Crippen MR) is 112 cm³/mol. The molecule has 0 fully saturated rings. The second-order valence-electron chi connectivity index (χ2n) is 5.70. The van der Waals surface area contributed by atoms with Gasteiger partial charge in [0.05, 0.1) is 17.3 Å². The Hall–Kier alpha value is -2.83. The summed E-state index contributed by atoms with van der Waals surface area (Å²) in [4.78, 5) is 18.7. The van der Waals surface area contributed by atoms with Gasteiger partial charge in [-0.15, -0.1) is 5.10 Å². The number of rotatable bonds is 3. The third-order valence-electron chi connectivity index (χ3n) is 3.80. The molecule has 0 bridgehead atoms. The van der Waals surface area contributed by atoms with Crippen molar-refractivity contribution in [2.45, 2.75) is 13.1 Å². The van der Waals surface area contributed by atoms with Crippen LogP contribution in [0.25, 0.3) is 22.3 Å². The molecule has 0 atom stereocenters. The van der Waals surface area contributed by atoms with Crippen LogP contribution >= 0.6 is 22.6 Å². The number of fused-ring (bicyclic) bond motifs is 1. The van der Waals surface area contributed by atoms with Crippen molar-refractivity contribution in [1.82, 2.24) is 30.1 Å². The van der Waals surface area contributed by atoms with Gasteiger partial charge in [0.1, 0.15) is 11.6 Å². The lowest BCUT2D eigenvalue weighted by molar-refractivity contribution is -0.137. The standard InChI is InChI=1S/C17H12F3N7.CH3I/c1-9-22-16(27-26-9)25-15-11-6-7-21-8-13(11)23-14(24-15)10-4-2-3-5-12(10)17(18,19)20;1-2/h2-8H,1H3,(H2,22,23,24,25,26,27);1H3. The lowest BCUT2D eigenvalue weighted by Crippen LogP contribution is -2.09. The normalized spacial score (nSPS) is 11.1. The quantitative estimate of drug-likeness (QED) is 0.298. The molecule has 0 saturated heterocycles. The average Bonchev–Trinajstić information content (AvgIpc) is 3.13. The van der Waals surface area contributed by atoms with Gasteiger partial charge in [0.25, 0.3) is 0 Å². The number of benzene rings is 1. The van der Waals surface area contributed by atoms with E-state index in [2.05, 4.69) is 58.0 Å². The van der Waals surface area contributed by atoms with E-state index in [1.54, 1.807) is 19.2 Å². The van der Waals surface area contributed by atoms with E-state index in [1.807, 2.05) is 4.93 Å². The highest BCUT2D eigenvalue weighted by atomic mass is 127. The van der Waals surface area contributed by atoms with Crippen LogP contribution in [-0.4, -0.2) is 35.1 Å². The number of hydrogen-bond acceptors (Lipinski definition) is 6. The lowest BCUT2D eigenvalue weighted by Gasteiger charge is -2.13. The second-order valence-corrected chi connectivity index (χ2v) is 5.70. The fraction of sp³-hybridized carbons (Fsp3) is 0.167. The largest absolute Gasteiger partial charge is 0.417 e. The minimum atomic E-state index is -4.53. The van der Waals surface area contributed by atoms with Crippen LogP contribution in [-0.2, 0) is 6.18 Å². The van der Waals surface area contributed by atoms with Crippen molar-refractivity contribution in [2.24, 2.45) is 0 Å². The van der Waals surface area contributed by atoms with E-state index in [0.29, 0.717) is 16.7 Å². The molecule has 0 spiro atoms. The van der Waals surface area contributed by atoms with Crippen molar-refractivity contribution < 1.29 is 13.2 Å². The number of nitrogens with zero attached hydrogens (tertiary/aromatic N) is 5. The van der Waals surface area contributed by atoms with Gasteiger partial charge in [-0.1, -0.05) is 40.8 Å². The highest BCUT2D eigenvalue weighted by Gasteiger charge is 2.34. The Morgan fingerprint density at radius 3 is 2.48 bits per heavy atom. The van der Waals surface area contributed by atoms with Crippen LogP contribution in [0.2, 0.25) is 0 Å². The number of anilines is 2. The molecule has 0 unspecified atom stereocenters. The smallest absolute Gasteiger partial charge is 0.307 e. The molecule has 0 aliphatic rings. The van der Waals surface area contributed by atoms with E-state index in [-0.39, 0.29) is 23.2 Å². The zero-order chi connectivity index (χ0) is 21.0. The highest BCUT2D eigenvalue weighted by molar-refractivity contribution is 14.1. The number of aryl methyl sites for hydroxylation is 1. The lowest BCUT2D eigenvalue weighted by atomic mass is 10.1. The van der Waals surface area contributed by atoms with Gasteiger partial charge in [0.15, 0.2) is 5.82 Å². The van der Waals surface area contributed by atoms with Gasteiger partial charge < -0.3 is 5.32 Å². The SMILES string of the molecule is CI.Cc1nc(Nc2nc(-c3ccccc3C(F)(F)F)nc3cnccc23)n[nH]1. The van der Waals surface area contributed by atoms with E-state index in [1.165, 1.54) is 24.4 Å². The summed E-state index contributed by atoms with van der Waals surface area (Å²) >= 11 is 2.15. The summed E-state index contributed by atoms with van der Waals surface area (Å²) < 4.78 is 40.2. The first-order valence-corrected chi connectivity index (χ1v) is 10.4. The van der Waals surface area contributed by atoms with Crippen molar-refractivity contribution in [3.05, 3.63) is 54.1 Å². The first-order valence-electron chi connectivity index (χ1n) is 8.24. The van der Waals surface area contributed by atoms with E-state index in [4.69, 9.17) is 0 Å². The van der Waals surface area contributed by atoms with Gasteiger partial charge in [-0.3, -0.25) is 10.1 Å². The van der Waals surface area contributed by atoms with E-state index >= 15 is 0 Å². The minimum absolute atomic E-state index is 0.0711. The minimum Gasteiger partial charge on any atom is -0.307 e. The molecule has 11 heteroatoms. The Labute approximate surface area is 177 Å². The molecule has 4 aromatic rings. The molecular weight excluding hydrogens is 498 g/mol. The fourth-order valence-corrected chi connectivity index (χ4v) is 2.63. The molecule has 1 aromatic carbocycles. The van der Waals surface area contributed by atoms with Crippen molar-refractivity contribution in [3.63, 3.8) is 0 Å². The summed E-state index contributed by atoms with van der Waals surface area (Å²) in [6.07, 6.45) is -1.52. The van der Waals surface area contributed by atoms with Crippen LogP contribution in [0.5, 0.6) is 0 Å². The Bertz CT molecular complexity index is 1130. The molecule has 0 aliphatic carbocycles. The monoisotopic (exact) mass is 513 g/mol. The van der Waals surface area contributed by atoms with Gasteiger partial charge >= 0.3 is 6.18 Å². The number of aromatic nitrogens is 6. The summed E-state index contributed by atoms with van der Waals surface area (Å²) in [6, 6.07) is 6.83. The van der Waals surface area contributed by atoms with E-state index in [0.717, 1.165) is 6.07 Å². The number of nitrogens with one attached hydrogen (secondary N) is 2. The van der Waals surface area contributed by atoms with Crippen molar-refractivity contribution >= 4 is 45.3 Å². The van der Waals surface area contributed by atoms with Gasteiger partial charge in [0.2, 0.25) is 5.95 Å². The first-order chi connectivity index (χ1) is 13.9. The van der Waals surface area contributed by atoms with Crippen molar-refractivity contribution in [1.29, 1.82) is 0 Å². The zero-order valence-electron chi connectivity index (χ0n) is 15.3. The van der Waals surface area contributed by atoms with Crippen LogP contribution in [0.3, 0.4) is 0 Å². The second kappa shape index (κ2) is 8.68. The van der Waals surface area contributed by atoms with Gasteiger partial charge in [-0.2, -0.15) is 18.2 Å². The number of H-pyrrole nitrogens is 1. The highest BCUT2D eigenvalue weighted by Crippen LogP contribution is 2.36. The Kier molecular flexibility index (Phi) is 6.25. The molecule has 7 nitrogen and oxygen atoms in total. The van der Waals surface area contributed by atoms with E-state index in [9.17, 15) is 13.2 Å². The fourth-order valence-electron chi connectivity index (χ4n) is 2.63. The number of aromatic amines is 1. The van der Waals surface area contributed by atoms with Crippen LogP contribution in [0, 0.1) is 6.92 Å². The average molecular weight is 513 g/mol. The van der Waals surface area contributed by atoms with Crippen molar-refractivity contribution in [3.8, 4) is 11.4 Å². The number of halogens is 4. The number of alkyl halides is 4. The Morgan fingerprint density at radius 1 is 1.03 bits per heavy atom. The molecule has 2 N–H and O–H groups in total. The summed E-state index contributed by atoms with van der Waals surface area (Å²) in [7, 11) is 0. The van der Waals surface area contributed by atoms with E-state index < -0.39 is 11.7 Å². The van der Waals surface area contributed by atoms with Crippen LogP contribution in [0.15, 0.2) is 42.7 Å². The van der Waals surface area contributed by atoms with Crippen molar-refractivity contribution in [2.75, 3.05) is 10.2 Å². The Balaban J connectivity index is 0.00000117. The summed E-state index contributed by atoms with van der Waals surface area (Å²) in [5.74, 6) is 1.05. The molecular formula is C18H15F3IN7. The molecule has 3 aromatic heterocycles. The number of pyridine rings is 1. The molecule has 3 heterocycles. The first kappa shape index (κ1) is 20.9. The maximum Gasteiger partial charge on any atom is 0.417 e. The molecule has 0 radical (unpaired) electrons. The summed E-state index contributed by atoms with van der Waals surface area (Å²) in [5.41, 5.74) is -0.535. The molecule has 0 amide bonds. The van der Waals surface area contributed by atoms with Gasteiger partial charge in [-0.05, 0) is 24.0 Å². The zero-order valence-corrected chi connectivity index (χ0v) is 17.4. The maximum absolute atomic E-state index is 13.4. The van der Waals surface area contributed by atoms with Gasteiger partial charge in [0, 0.05) is 17.1 Å². The van der Waals surface area contributed by atoms with Crippen LogP contribution in [0.1, 0.15) is 11.4 Å². The molecule has 150 valence electrons. The maximum atomic E-state index is 13.4. The van der Waals surface area contributed by atoms with Gasteiger partial charge in [-0.25, -0.2) is 9.97 Å². The molecule has 0 saturated carbocycles. The third kappa shape index (κ3) is 4.60. The predicted octanol–water partition coefficient (Wildman–Crippen LogP) is 4.93. The molecule has 0 aliphatic heterocycles.